The van der Waals surface area contributed by atoms with E-state index in [1.807, 2.05) is 0 Å². The summed E-state index contributed by atoms with van der Waals surface area (Å²) in [5.74, 6) is 1.27. The first-order chi connectivity index (χ1) is 15.5. The van der Waals surface area contributed by atoms with E-state index in [-0.39, 0.29) is 27.7 Å². The van der Waals surface area contributed by atoms with Crippen molar-refractivity contribution in [3.05, 3.63) is 47.5 Å². The fraction of sp³-hybridized carbons (Fsp3) is 0.348. The van der Waals surface area contributed by atoms with Crippen molar-refractivity contribution in [1.82, 2.24) is 4.98 Å². The Hall–Kier alpha value is -2.71. The Labute approximate surface area is 191 Å². The molecule has 0 bridgehead atoms. The summed E-state index contributed by atoms with van der Waals surface area (Å²) in [6, 6.07) is 11.7. The summed E-state index contributed by atoms with van der Waals surface area (Å²) in [5.41, 5.74) is 0.604. The Morgan fingerprint density at radius 2 is 1.75 bits per heavy atom. The summed E-state index contributed by atoms with van der Waals surface area (Å²) in [4.78, 5) is 4.47. The van der Waals surface area contributed by atoms with Gasteiger partial charge in [-0.25, -0.2) is 8.42 Å². The van der Waals surface area contributed by atoms with Gasteiger partial charge in [0.05, 0.1) is 4.90 Å². The Bertz CT molecular complexity index is 1230. The van der Waals surface area contributed by atoms with E-state index in [1.54, 1.807) is 30.3 Å². The van der Waals surface area contributed by atoms with Crippen LogP contribution in [0.2, 0.25) is 5.02 Å². The lowest BCUT2D eigenvalue weighted by Crippen LogP contribution is -2.23. The number of halogens is 1. The molecule has 1 N–H and O–H groups in total. The topological polar surface area (TPSA) is 90.7 Å². The zero-order valence-corrected chi connectivity index (χ0v) is 18.9. The van der Waals surface area contributed by atoms with Crippen molar-refractivity contribution >= 4 is 27.3 Å². The van der Waals surface area contributed by atoms with E-state index in [9.17, 15) is 8.42 Å². The van der Waals surface area contributed by atoms with Crippen molar-refractivity contribution in [1.29, 1.82) is 0 Å². The fourth-order valence-corrected chi connectivity index (χ4v) is 5.53. The lowest BCUT2D eigenvalue weighted by Gasteiger charge is -2.22. The number of benzene rings is 2. The van der Waals surface area contributed by atoms with Crippen LogP contribution in [0.1, 0.15) is 32.1 Å². The average Bonchev–Trinajstić information content (AvgIpc) is 3.24. The molecule has 0 unspecified atom stereocenters. The van der Waals surface area contributed by atoms with Gasteiger partial charge in [-0.1, -0.05) is 36.9 Å². The number of aromatic nitrogens is 1. The fourth-order valence-electron chi connectivity index (χ4n) is 4.06. The highest BCUT2D eigenvalue weighted by atomic mass is 35.5. The normalized spacial score (nSPS) is 16.7. The zero-order valence-electron chi connectivity index (χ0n) is 17.3. The number of ether oxygens (including phenoxy) is 2. The summed E-state index contributed by atoms with van der Waals surface area (Å²) >= 11 is 6.12. The van der Waals surface area contributed by atoms with E-state index < -0.39 is 9.84 Å². The molecule has 1 saturated carbocycles. The molecule has 0 radical (unpaired) electrons. The molecule has 3 aromatic rings. The monoisotopic (exact) mass is 474 g/mol. The molecule has 168 valence electrons. The van der Waals surface area contributed by atoms with Gasteiger partial charge in [-0.15, -0.1) is 0 Å². The van der Waals surface area contributed by atoms with E-state index in [1.165, 1.54) is 18.6 Å². The van der Waals surface area contributed by atoms with Crippen LogP contribution in [0.3, 0.4) is 0 Å². The third-order valence-corrected chi connectivity index (χ3v) is 7.58. The van der Waals surface area contributed by atoms with Crippen molar-refractivity contribution in [3.63, 3.8) is 0 Å². The van der Waals surface area contributed by atoms with Crippen LogP contribution >= 0.6 is 11.6 Å². The van der Waals surface area contributed by atoms with Crippen LogP contribution in [-0.4, -0.2) is 32.7 Å². The molecule has 0 saturated heterocycles. The van der Waals surface area contributed by atoms with Crippen molar-refractivity contribution in [2.45, 2.75) is 48.1 Å². The summed E-state index contributed by atoms with van der Waals surface area (Å²) < 4.78 is 44.3. The van der Waals surface area contributed by atoms with Crippen molar-refractivity contribution < 1.29 is 22.3 Å². The van der Waals surface area contributed by atoms with E-state index in [4.69, 9.17) is 25.5 Å². The summed E-state index contributed by atoms with van der Waals surface area (Å²) in [7, 11) is -3.99. The molecule has 5 rings (SSSR count). The first-order valence-electron chi connectivity index (χ1n) is 10.7. The molecule has 7 nitrogen and oxygen atoms in total. The second kappa shape index (κ2) is 8.67. The Balaban J connectivity index is 1.57. The van der Waals surface area contributed by atoms with Gasteiger partial charge in [0.25, 0.3) is 0 Å². The molecule has 9 heteroatoms. The highest BCUT2D eigenvalue weighted by molar-refractivity contribution is 7.91. The van der Waals surface area contributed by atoms with Crippen LogP contribution in [0.25, 0.3) is 11.5 Å². The van der Waals surface area contributed by atoms with Gasteiger partial charge in [0, 0.05) is 22.7 Å². The van der Waals surface area contributed by atoms with Crippen LogP contribution in [0.5, 0.6) is 11.5 Å². The summed E-state index contributed by atoms with van der Waals surface area (Å²) in [6.45, 7) is 0.800. The molecule has 1 fully saturated rings. The number of oxazole rings is 1. The molecular weight excluding hydrogens is 452 g/mol. The number of fused-ring (bicyclic) bond motifs is 1. The maximum absolute atomic E-state index is 13.6. The van der Waals surface area contributed by atoms with E-state index in [0.717, 1.165) is 25.7 Å². The number of hydrogen-bond acceptors (Lipinski definition) is 7. The number of nitrogens with zero attached hydrogens (tertiary/aromatic N) is 1. The molecule has 0 spiro atoms. The smallest absolute Gasteiger partial charge is 0.234 e. The third-order valence-electron chi connectivity index (χ3n) is 5.69. The van der Waals surface area contributed by atoms with Gasteiger partial charge >= 0.3 is 0 Å². The van der Waals surface area contributed by atoms with E-state index >= 15 is 0 Å². The SMILES string of the molecule is O=S(=O)(c1ccc2c(c1)OCCO2)c1nc(-c2cccc(Cl)c2)oc1NC1CCCCC1. The Kier molecular flexibility index (Phi) is 5.73. The van der Waals surface area contributed by atoms with Gasteiger partial charge < -0.3 is 19.2 Å². The minimum absolute atomic E-state index is 0.0689. The van der Waals surface area contributed by atoms with Crippen molar-refractivity contribution in [3.8, 4) is 23.0 Å². The molecule has 0 amide bonds. The first kappa shape index (κ1) is 21.2. The summed E-state index contributed by atoms with van der Waals surface area (Å²) in [5, 5.41) is 3.66. The average molecular weight is 475 g/mol. The van der Waals surface area contributed by atoms with Crippen LogP contribution in [0.4, 0.5) is 5.88 Å². The minimum Gasteiger partial charge on any atom is -0.486 e. The van der Waals surface area contributed by atoms with Crippen molar-refractivity contribution in [2.75, 3.05) is 18.5 Å². The number of nitrogens with one attached hydrogen (secondary N) is 1. The number of hydrogen-bond donors (Lipinski definition) is 1. The lowest BCUT2D eigenvalue weighted by atomic mass is 9.96. The van der Waals surface area contributed by atoms with E-state index in [2.05, 4.69) is 10.3 Å². The summed E-state index contributed by atoms with van der Waals surface area (Å²) in [6.07, 6.45) is 5.28. The predicted molar refractivity (Wildman–Crippen MR) is 120 cm³/mol. The van der Waals surface area contributed by atoms with Crippen LogP contribution in [-0.2, 0) is 9.84 Å². The molecule has 2 aromatic carbocycles. The van der Waals surface area contributed by atoms with Gasteiger partial charge in [0.15, 0.2) is 11.5 Å². The molecule has 1 aliphatic heterocycles. The quantitative estimate of drug-likeness (QED) is 0.533. The van der Waals surface area contributed by atoms with Gasteiger partial charge in [-0.05, 0) is 43.2 Å². The van der Waals surface area contributed by atoms with E-state index in [0.29, 0.717) is 35.3 Å². The predicted octanol–water partition coefficient (Wildman–Crippen LogP) is 5.34. The lowest BCUT2D eigenvalue weighted by molar-refractivity contribution is 0.171. The molecule has 2 aliphatic rings. The van der Waals surface area contributed by atoms with Gasteiger partial charge in [-0.3, -0.25) is 0 Å². The Morgan fingerprint density at radius 1 is 0.969 bits per heavy atom. The van der Waals surface area contributed by atoms with Crippen LogP contribution < -0.4 is 14.8 Å². The maximum Gasteiger partial charge on any atom is 0.234 e. The van der Waals surface area contributed by atoms with Crippen LogP contribution in [0, 0.1) is 0 Å². The molecule has 2 heterocycles. The molecule has 1 aliphatic carbocycles. The number of anilines is 1. The van der Waals surface area contributed by atoms with Gasteiger partial charge in [0.1, 0.15) is 13.2 Å². The molecule has 0 atom stereocenters. The highest BCUT2D eigenvalue weighted by Gasteiger charge is 2.31. The largest absolute Gasteiger partial charge is 0.486 e. The number of rotatable bonds is 5. The molecule has 1 aromatic heterocycles. The van der Waals surface area contributed by atoms with Crippen LogP contribution in [0.15, 0.2) is 56.8 Å². The Morgan fingerprint density at radius 3 is 2.53 bits per heavy atom. The van der Waals surface area contributed by atoms with Gasteiger partial charge in [0.2, 0.25) is 26.6 Å². The standard InChI is InChI=1S/C23H23ClN2O5S/c24-16-6-4-5-15(13-16)21-26-23(22(31-21)25-17-7-2-1-3-8-17)32(27,28)18-9-10-19-20(14-18)30-12-11-29-19/h4-6,9-10,13-14,17,25H,1-3,7-8,11-12H2. The third kappa shape index (κ3) is 4.17. The zero-order chi connectivity index (χ0) is 22.1. The minimum atomic E-state index is -3.99. The second-order valence-electron chi connectivity index (χ2n) is 7.95. The number of sulfone groups is 1. The maximum atomic E-state index is 13.6. The highest BCUT2D eigenvalue weighted by Crippen LogP contribution is 2.38. The second-order valence-corrected chi connectivity index (χ2v) is 10.3. The van der Waals surface area contributed by atoms with Crippen molar-refractivity contribution in [2.24, 2.45) is 0 Å². The van der Waals surface area contributed by atoms with Gasteiger partial charge in [-0.2, -0.15) is 4.98 Å². The first-order valence-corrected chi connectivity index (χ1v) is 12.5. The molecule has 32 heavy (non-hydrogen) atoms. The molecular formula is C23H23ClN2O5S.